The number of fused-ring (bicyclic) bond motifs is 1. The van der Waals surface area contributed by atoms with Crippen molar-refractivity contribution in [1.29, 1.82) is 0 Å². The highest BCUT2D eigenvalue weighted by Gasteiger charge is 2.31. The Morgan fingerprint density at radius 1 is 1.25 bits per heavy atom. The van der Waals surface area contributed by atoms with E-state index >= 15 is 0 Å². The molecule has 24 heavy (non-hydrogen) atoms. The lowest BCUT2D eigenvalue weighted by atomic mass is 10.1. The van der Waals surface area contributed by atoms with E-state index in [2.05, 4.69) is 5.10 Å². The van der Waals surface area contributed by atoms with E-state index in [1.165, 1.54) is 0 Å². The predicted octanol–water partition coefficient (Wildman–Crippen LogP) is 1.70. The maximum absolute atomic E-state index is 12.7. The van der Waals surface area contributed by atoms with Crippen LogP contribution < -0.4 is 0 Å². The van der Waals surface area contributed by atoms with Crippen LogP contribution in [-0.2, 0) is 11.3 Å². The first-order valence-corrected chi connectivity index (χ1v) is 8.36. The fourth-order valence-corrected chi connectivity index (χ4v) is 3.60. The Hall–Kier alpha value is -2.63. The third kappa shape index (κ3) is 2.68. The van der Waals surface area contributed by atoms with Crippen molar-refractivity contribution in [3.8, 4) is 0 Å². The molecule has 1 aromatic carbocycles. The molecular formula is C18H20N4O2. The molecule has 124 valence electrons. The number of amides is 2. The zero-order chi connectivity index (χ0) is 16.5. The molecule has 2 aliphatic heterocycles. The van der Waals surface area contributed by atoms with Crippen molar-refractivity contribution in [2.24, 2.45) is 0 Å². The summed E-state index contributed by atoms with van der Waals surface area (Å²) in [6.45, 7) is 2.09. The van der Waals surface area contributed by atoms with Crippen LogP contribution in [0.3, 0.4) is 0 Å². The van der Waals surface area contributed by atoms with E-state index in [-0.39, 0.29) is 24.4 Å². The van der Waals surface area contributed by atoms with Crippen molar-refractivity contribution in [1.82, 2.24) is 19.6 Å². The summed E-state index contributed by atoms with van der Waals surface area (Å²) in [4.78, 5) is 28.6. The van der Waals surface area contributed by atoms with E-state index in [0.717, 1.165) is 30.5 Å². The van der Waals surface area contributed by atoms with Gasteiger partial charge in [-0.1, -0.05) is 18.2 Å². The molecular weight excluding hydrogens is 304 g/mol. The highest BCUT2D eigenvalue weighted by atomic mass is 16.2. The number of nitrogens with zero attached hydrogens (tertiary/aromatic N) is 4. The summed E-state index contributed by atoms with van der Waals surface area (Å²) in [5.74, 6) is -0.0207. The molecule has 0 unspecified atom stereocenters. The van der Waals surface area contributed by atoms with Crippen LogP contribution in [0.4, 0.5) is 0 Å². The number of benzene rings is 1. The van der Waals surface area contributed by atoms with Crippen LogP contribution in [0.1, 0.15) is 34.8 Å². The van der Waals surface area contributed by atoms with E-state index in [0.29, 0.717) is 13.1 Å². The molecule has 1 atom stereocenters. The van der Waals surface area contributed by atoms with E-state index in [9.17, 15) is 9.59 Å². The van der Waals surface area contributed by atoms with Crippen LogP contribution >= 0.6 is 0 Å². The minimum absolute atomic E-state index is 0.0213. The summed E-state index contributed by atoms with van der Waals surface area (Å²) in [7, 11) is 0. The molecule has 6 heteroatoms. The molecule has 0 aliphatic carbocycles. The number of likely N-dealkylation sites (tertiary alicyclic amines) is 1. The van der Waals surface area contributed by atoms with Crippen molar-refractivity contribution in [2.75, 3.05) is 19.6 Å². The molecule has 6 nitrogen and oxygen atoms in total. The van der Waals surface area contributed by atoms with Crippen LogP contribution in [0.25, 0.3) is 0 Å². The van der Waals surface area contributed by atoms with Gasteiger partial charge in [0.2, 0.25) is 5.91 Å². The SMILES string of the molecule is O=C(CN1Cc2ccccc2C1=O)N1CCC[C@@H](n2cccn2)C1. The summed E-state index contributed by atoms with van der Waals surface area (Å²) in [6.07, 6.45) is 5.70. The quantitative estimate of drug-likeness (QED) is 0.863. The molecule has 0 spiro atoms. The third-order valence-electron chi connectivity index (χ3n) is 4.87. The van der Waals surface area contributed by atoms with Gasteiger partial charge in [0, 0.05) is 37.6 Å². The molecule has 2 amide bonds. The molecule has 0 radical (unpaired) electrons. The predicted molar refractivity (Wildman–Crippen MR) is 88.3 cm³/mol. The largest absolute Gasteiger partial charge is 0.339 e. The zero-order valence-electron chi connectivity index (χ0n) is 13.5. The van der Waals surface area contributed by atoms with Crippen LogP contribution in [0.5, 0.6) is 0 Å². The van der Waals surface area contributed by atoms with E-state index in [4.69, 9.17) is 0 Å². The van der Waals surface area contributed by atoms with E-state index in [1.54, 1.807) is 11.1 Å². The smallest absolute Gasteiger partial charge is 0.254 e. The van der Waals surface area contributed by atoms with E-state index in [1.807, 2.05) is 46.1 Å². The second kappa shape index (κ2) is 6.11. The van der Waals surface area contributed by atoms with Gasteiger partial charge in [0.15, 0.2) is 0 Å². The first kappa shape index (κ1) is 14.9. The second-order valence-corrected chi connectivity index (χ2v) is 6.44. The lowest BCUT2D eigenvalue weighted by Gasteiger charge is -2.33. The number of aromatic nitrogens is 2. The lowest BCUT2D eigenvalue weighted by Crippen LogP contribution is -2.45. The summed E-state index contributed by atoms with van der Waals surface area (Å²) in [6, 6.07) is 9.70. The zero-order valence-corrected chi connectivity index (χ0v) is 13.5. The topological polar surface area (TPSA) is 58.4 Å². The van der Waals surface area contributed by atoms with Gasteiger partial charge in [-0.25, -0.2) is 0 Å². The minimum Gasteiger partial charge on any atom is -0.339 e. The van der Waals surface area contributed by atoms with Crippen LogP contribution in [0.2, 0.25) is 0 Å². The first-order chi connectivity index (χ1) is 11.7. The van der Waals surface area contributed by atoms with Crippen LogP contribution in [0, 0.1) is 0 Å². The second-order valence-electron chi connectivity index (χ2n) is 6.44. The van der Waals surface area contributed by atoms with Crippen molar-refractivity contribution in [3.63, 3.8) is 0 Å². The van der Waals surface area contributed by atoms with E-state index < -0.39 is 0 Å². The molecule has 2 aliphatic rings. The standard InChI is InChI=1S/C18H20N4O2/c23-17(13-21-11-14-5-1-2-7-16(14)18(21)24)20-9-3-6-15(12-20)22-10-4-8-19-22/h1-2,4-5,7-8,10,15H,3,6,9,11-13H2/t15-/m1/s1. The Labute approximate surface area is 140 Å². The van der Waals surface area contributed by atoms with Gasteiger partial charge in [0.1, 0.15) is 6.54 Å². The molecule has 1 aromatic heterocycles. The maximum atomic E-state index is 12.7. The monoisotopic (exact) mass is 324 g/mol. The van der Waals surface area contributed by atoms with Gasteiger partial charge in [0.05, 0.1) is 6.04 Å². The molecule has 0 bridgehead atoms. The molecule has 2 aromatic rings. The molecule has 3 heterocycles. The van der Waals surface area contributed by atoms with Gasteiger partial charge in [-0.05, 0) is 30.5 Å². The van der Waals surface area contributed by atoms with Gasteiger partial charge in [-0.3, -0.25) is 14.3 Å². The Morgan fingerprint density at radius 2 is 2.12 bits per heavy atom. The fraction of sp³-hybridized carbons (Fsp3) is 0.389. The maximum Gasteiger partial charge on any atom is 0.254 e. The molecule has 4 rings (SSSR count). The van der Waals surface area contributed by atoms with Crippen molar-refractivity contribution in [2.45, 2.75) is 25.4 Å². The summed E-state index contributed by atoms with van der Waals surface area (Å²) in [5.41, 5.74) is 1.72. The number of piperidine rings is 1. The fourth-order valence-electron chi connectivity index (χ4n) is 3.60. The van der Waals surface area contributed by atoms with Gasteiger partial charge in [-0.2, -0.15) is 5.10 Å². The average Bonchev–Trinajstić information content (AvgIpc) is 3.25. The lowest BCUT2D eigenvalue weighted by molar-refractivity contribution is -0.133. The van der Waals surface area contributed by atoms with Gasteiger partial charge in [0.25, 0.3) is 5.91 Å². The summed E-state index contributed by atoms with van der Waals surface area (Å²) < 4.78 is 1.93. The van der Waals surface area contributed by atoms with Gasteiger partial charge < -0.3 is 9.80 Å². The number of carbonyl (C=O) groups is 2. The highest BCUT2D eigenvalue weighted by molar-refractivity contribution is 6.00. The molecule has 1 saturated heterocycles. The number of hydrogen-bond acceptors (Lipinski definition) is 3. The number of hydrogen-bond donors (Lipinski definition) is 0. The van der Waals surface area contributed by atoms with Crippen molar-refractivity contribution >= 4 is 11.8 Å². The average molecular weight is 324 g/mol. The van der Waals surface area contributed by atoms with Crippen LogP contribution in [-0.4, -0.2) is 51.0 Å². The molecule has 0 saturated carbocycles. The van der Waals surface area contributed by atoms with Crippen molar-refractivity contribution in [3.05, 3.63) is 53.9 Å². The normalized spacial score (nSPS) is 20.3. The number of carbonyl (C=O) groups excluding carboxylic acids is 2. The van der Waals surface area contributed by atoms with Crippen molar-refractivity contribution < 1.29 is 9.59 Å². The minimum atomic E-state index is -0.0421. The Balaban J connectivity index is 1.41. The number of rotatable bonds is 3. The highest BCUT2D eigenvalue weighted by Crippen LogP contribution is 2.24. The molecule has 1 fully saturated rings. The third-order valence-corrected chi connectivity index (χ3v) is 4.87. The Morgan fingerprint density at radius 3 is 2.92 bits per heavy atom. The summed E-state index contributed by atoms with van der Waals surface area (Å²) >= 11 is 0. The molecule has 0 N–H and O–H groups in total. The van der Waals surface area contributed by atoms with Gasteiger partial charge in [-0.15, -0.1) is 0 Å². The van der Waals surface area contributed by atoms with Gasteiger partial charge >= 0.3 is 0 Å². The first-order valence-electron chi connectivity index (χ1n) is 8.36. The summed E-state index contributed by atoms with van der Waals surface area (Å²) in [5, 5.41) is 4.29. The Kier molecular flexibility index (Phi) is 3.80. The van der Waals surface area contributed by atoms with Crippen LogP contribution in [0.15, 0.2) is 42.7 Å². The Bertz CT molecular complexity index is 756.